The molecule has 166 valence electrons. The fourth-order valence-corrected chi connectivity index (χ4v) is 3.61. The highest BCUT2D eigenvalue weighted by molar-refractivity contribution is 5.93. The van der Waals surface area contributed by atoms with E-state index in [-0.39, 0.29) is 23.1 Å². The minimum Gasteiger partial charge on any atom is -0.348 e. The minimum absolute atomic E-state index is 0.00360. The number of nitrogens with one attached hydrogen (secondary N) is 2. The molecular weight excluding hydrogens is 402 g/mol. The second-order valence-electron chi connectivity index (χ2n) is 8.66. The first-order valence-electron chi connectivity index (χ1n) is 10.8. The van der Waals surface area contributed by atoms with Crippen LogP contribution >= 0.6 is 0 Å². The van der Waals surface area contributed by atoms with Gasteiger partial charge in [0.25, 0.3) is 5.91 Å². The number of carbonyl (C=O) groups is 1. The lowest BCUT2D eigenvalue weighted by atomic mass is 10.2. The molecule has 1 aromatic carbocycles. The summed E-state index contributed by atoms with van der Waals surface area (Å²) in [6, 6.07) is 4.68. The molecule has 2 N–H and O–H groups in total. The summed E-state index contributed by atoms with van der Waals surface area (Å²) in [5.74, 6) is -0.643. The van der Waals surface area contributed by atoms with E-state index in [4.69, 9.17) is 0 Å². The van der Waals surface area contributed by atoms with E-state index in [1.165, 1.54) is 37.8 Å². The van der Waals surface area contributed by atoms with Crippen LogP contribution in [0.3, 0.4) is 0 Å². The third-order valence-electron chi connectivity index (χ3n) is 5.83. The molecule has 0 radical (unpaired) electrons. The zero-order chi connectivity index (χ0) is 22.0. The second-order valence-corrected chi connectivity index (χ2v) is 8.66. The smallest absolute Gasteiger partial charge is 0.257 e. The zero-order valence-corrected chi connectivity index (χ0v) is 17.7. The first-order valence-corrected chi connectivity index (χ1v) is 10.8. The molecule has 0 aliphatic heterocycles. The van der Waals surface area contributed by atoms with Crippen molar-refractivity contribution >= 4 is 5.91 Å². The normalized spacial score (nSPS) is 15.7. The number of nitrogens with zero attached hydrogens (tertiary/aromatic N) is 2. The molecule has 1 amide bonds. The van der Waals surface area contributed by atoms with Crippen LogP contribution in [-0.2, 0) is 13.1 Å². The van der Waals surface area contributed by atoms with Crippen LogP contribution in [-0.4, -0.2) is 30.7 Å². The Morgan fingerprint density at radius 1 is 1.13 bits per heavy atom. The van der Waals surface area contributed by atoms with Crippen molar-refractivity contribution in [2.45, 2.75) is 38.8 Å². The van der Waals surface area contributed by atoms with Gasteiger partial charge < -0.3 is 15.6 Å². The van der Waals surface area contributed by atoms with Crippen LogP contribution < -0.4 is 21.1 Å². The summed E-state index contributed by atoms with van der Waals surface area (Å²) in [6.07, 6.45) is 6.44. The summed E-state index contributed by atoms with van der Waals surface area (Å²) in [7, 11) is 1.95. The number of aromatic nitrogens is 1. The van der Waals surface area contributed by atoms with Gasteiger partial charge in [-0.25, -0.2) is 8.78 Å². The largest absolute Gasteiger partial charge is 0.348 e. The van der Waals surface area contributed by atoms with Gasteiger partial charge in [-0.15, -0.1) is 0 Å². The van der Waals surface area contributed by atoms with E-state index in [0.717, 1.165) is 36.8 Å². The molecule has 31 heavy (non-hydrogen) atoms. The monoisotopic (exact) mass is 430 g/mol. The van der Waals surface area contributed by atoms with Crippen molar-refractivity contribution in [1.82, 2.24) is 15.3 Å². The van der Waals surface area contributed by atoms with Gasteiger partial charge in [-0.05, 0) is 50.1 Å². The van der Waals surface area contributed by atoms with E-state index < -0.39 is 17.5 Å². The molecule has 2 aliphatic carbocycles. The summed E-state index contributed by atoms with van der Waals surface area (Å²) in [6.45, 7) is 2.18. The van der Waals surface area contributed by atoms with Crippen molar-refractivity contribution in [3.8, 4) is 0 Å². The summed E-state index contributed by atoms with van der Waals surface area (Å²) in [4.78, 5) is 25.4. The molecule has 2 fully saturated rings. The highest BCUT2D eigenvalue weighted by Crippen LogP contribution is 2.29. The van der Waals surface area contributed by atoms with Crippen LogP contribution in [0.15, 0.2) is 35.3 Å². The Balaban J connectivity index is 1.50. The number of halogens is 2. The van der Waals surface area contributed by atoms with Crippen LogP contribution in [0.2, 0.25) is 0 Å². The van der Waals surface area contributed by atoms with Gasteiger partial charge in [-0.3, -0.25) is 14.3 Å². The SMILES string of the molecule is CN(CC1CC1)n1cc(C(=O)NCc2ccc(F)cc2F)c(=O)cc1CNCC1CC1. The number of pyridine rings is 1. The number of carbonyl (C=O) groups excluding carboxylic acids is 1. The molecule has 0 spiro atoms. The fourth-order valence-electron chi connectivity index (χ4n) is 3.61. The lowest BCUT2D eigenvalue weighted by Crippen LogP contribution is -2.39. The summed E-state index contributed by atoms with van der Waals surface area (Å²) in [5.41, 5.74) is 0.573. The van der Waals surface area contributed by atoms with E-state index >= 15 is 0 Å². The van der Waals surface area contributed by atoms with Gasteiger partial charge in [0.2, 0.25) is 0 Å². The molecule has 8 heteroatoms. The van der Waals surface area contributed by atoms with Crippen molar-refractivity contribution in [1.29, 1.82) is 0 Å². The summed E-state index contributed by atoms with van der Waals surface area (Å²) < 4.78 is 28.8. The molecule has 2 aromatic rings. The first-order chi connectivity index (χ1) is 14.9. The standard InChI is InChI=1S/C23H28F2N4O2/c1-28(13-16-4-5-16)29-14-20(22(30)9-19(29)12-26-10-15-2-3-15)23(31)27-11-17-6-7-18(24)8-21(17)25/h6-9,14-16,26H,2-5,10-13H2,1H3,(H,27,31). The van der Waals surface area contributed by atoms with Crippen molar-refractivity contribution < 1.29 is 13.6 Å². The van der Waals surface area contributed by atoms with E-state index in [2.05, 4.69) is 10.6 Å². The third kappa shape index (κ3) is 5.70. The Kier molecular flexibility index (Phi) is 6.36. The number of hydrogen-bond acceptors (Lipinski definition) is 4. The Hall–Kier alpha value is -2.74. The van der Waals surface area contributed by atoms with Gasteiger partial charge in [-0.2, -0.15) is 0 Å². The molecule has 2 aliphatic rings. The lowest BCUT2D eigenvalue weighted by molar-refractivity contribution is 0.0948. The van der Waals surface area contributed by atoms with Crippen molar-refractivity contribution in [3.05, 3.63) is 69.1 Å². The van der Waals surface area contributed by atoms with Gasteiger partial charge in [0.05, 0.1) is 5.69 Å². The highest BCUT2D eigenvalue weighted by atomic mass is 19.1. The summed E-state index contributed by atoms with van der Waals surface area (Å²) in [5, 5.41) is 8.00. The molecule has 0 saturated heterocycles. The van der Waals surface area contributed by atoms with Crippen LogP contribution in [0.25, 0.3) is 0 Å². The summed E-state index contributed by atoms with van der Waals surface area (Å²) >= 11 is 0. The van der Waals surface area contributed by atoms with Gasteiger partial charge in [-0.1, -0.05) is 6.07 Å². The van der Waals surface area contributed by atoms with Crippen LogP contribution in [0.4, 0.5) is 8.78 Å². The maximum absolute atomic E-state index is 13.8. The lowest BCUT2D eigenvalue weighted by Gasteiger charge is -2.26. The maximum Gasteiger partial charge on any atom is 0.257 e. The predicted octanol–water partition coefficient (Wildman–Crippen LogP) is 2.53. The highest BCUT2D eigenvalue weighted by Gasteiger charge is 2.25. The number of amides is 1. The van der Waals surface area contributed by atoms with Crippen LogP contribution in [0.1, 0.15) is 47.3 Å². The van der Waals surface area contributed by atoms with E-state index in [9.17, 15) is 18.4 Å². The quantitative estimate of drug-likeness (QED) is 0.608. The minimum atomic E-state index is -0.737. The van der Waals surface area contributed by atoms with Crippen molar-refractivity contribution in [3.63, 3.8) is 0 Å². The zero-order valence-electron chi connectivity index (χ0n) is 17.7. The Morgan fingerprint density at radius 2 is 1.87 bits per heavy atom. The average molecular weight is 430 g/mol. The topological polar surface area (TPSA) is 66.4 Å². The van der Waals surface area contributed by atoms with Gasteiger partial charge in [0.15, 0.2) is 5.43 Å². The molecule has 1 aromatic heterocycles. The molecule has 2 saturated carbocycles. The fraction of sp³-hybridized carbons (Fsp3) is 0.478. The Bertz CT molecular complexity index is 1020. The average Bonchev–Trinajstić information content (AvgIpc) is 3.63. The van der Waals surface area contributed by atoms with Crippen molar-refractivity contribution in [2.75, 3.05) is 25.1 Å². The van der Waals surface area contributed by atoms with Gasteiger partial charge >= 0.3 is 0 Å². The Morgan fingerprint density at radius 3 is 2.55 bits per heavy atom. The van der Waals surface area contributed by atoms with Gasteiger partial charge in [0.1, 0.15) is 17.2 Å². The van der Waals surface area contributed by atoms with Crippen LogP contribution in [0.5, 0.6) is 0 Å². The number of rotatable bonds is 10. The van der Waals surface area contributed by atoms with E-state index in [1.54, 1.807) is 6.20 Å². The van der Waals surface area contributed by atoms with Crippen LogP contribution in [0, 0.1) is 23.5 Å². The first kappa shape index (κ1) is 21.5. The molecular formula is C23H28F2N4O2. The number of hydrogen-bond donors (Lipinski definition) is 2. The van der Waals surface area contributed by atoms with E-state index in [0.29, 0.717) is 12.5 Å². The molecule has 1 heterocycles. The molecule has 4 rings (SSSR count). The van der Waals surface area contributed by atoms with Gasteiger partial charge in [0, 0.05) is 50.6 Å². The molecule has 0 atom stereocenters. The van der Waals surface area contributed by atoms with E-state index in [1.807, 2.05) is 16.7 Å². The Labute approximate surface area is 180 Å². The third-order valence-corrected chi connectivity index (χ3v) is 5.83. The maximum atomic E-state index is 13.8. The number of benzene rings is 1. The molecule has 0 unspecified atom stereocenters. The molecule has 0 bridgehead atoms. The molecule has 6 nitrogen and oxygen atoms in total. The van der Waals surface area contributed by atoms with Crippen molar-refractivity contribution in [2.24, 2.45) is 11.8 Å². The second kappa shape index (κ2) is 9.18. The predicted molar refractivity (Wildman–Crippen MR) is 114 cm³/mol.